The molecule has 0 saturated heterocycles. The lowest BCUT2D eigenvalue weighted by atomic mass is 9.86. The molecule has 2 aliphatic rings. The highest BCUT2D eigenvalue weighted by atomic mass is 19.1. The van der Waals surface area contributed by atoms with Crippen LogP contribution in [-0.2, 0) is 19.4 Å². The molecule has 7 heteroatoms. The molecule has 2 N–H and O–H groups in total. The van der Waals surface area contributed by atoms with Gasteiger partial charge in [-0.1, -0.05) is 0 Å². The number of fused-ring (bicyclic) bond motifs is 1. The van der Waals surface area contributed by atoms with E-state index >= 15 is 0 Å². The molecule has 1 heterocycles. The van der Waals surface area contributed by atoms with Crippen molar-refractivity contribution in [3.63, 3.8) is 0 Å². The van der Waals surface area contributed by atoms with Crippen LogP contribution in [0.15, 0.2) is 18.2 Å². The third-order valence-electron chi connectivity index (χ3n) is 6.76. The zero-order chi connectivity index (χ0) is 22.5. The summed E-state index contributed by atoms with van der Waals surface area (Å²) in [5.41, 5.74) is 3.42. The number of aromatic nitrogens is 2. The molecule has 32 heavy (non-hydrogen) atoms. The largest absolute Gasteiger partial charge is 0.496 e. The van der Waals surface area contributed by atoms with E-state index in [0.717, 1.165) is 68.1 Å². The average molecular weight is 442 g/mol. The number of halogens is 1. The number of aryl methyl sites for hydroxylation is 1. The summed E-state index contributed by atoms with van der Waals surface area (Å²) in [4.78, 5) is 11.8. The van der Waals surface area contributed by atoms with E-state index in [1.165, 1.54) is 30.2 Å². The second-order valence-electron chi connectivity index (χ2n) is 9.35. The lowest BCUT2D eigenvalue weighted by molar-refractivity contribution is 0.322. The zero-order valence-corrected chi connectivity index (χ0v) is 19.6. The van der Waals surface area contributed by atoms with Crippen molar-refractivity contribution < 1.29 is 9.13 Å². The van der Waals surface area contributed by atoms with Crippen LogP contribution in [0.25, 0.3) is 0 Å². The van der Waals surface area contributed by atoms with Crippen molar-refractivity contribution in [3.8, 4) is 5.75 Å². The first-order valence-electron chi connectivity index (χ1n) is 11.9. The number of nitrogens with one attached hydrogen (secondary N) is 2. The van der Waals surface area contributed by atoms with E-state index in [9.17, 15) is 4.39 Å². The van der Waals surface area contributed by atoms with Gasteiger partial charge in [0.2, 0.25) is 5.95 Å². The standard InChI is InChI=1S/C25H36FN5O/c1-31(2)24-21-6-4-5-7-22(21)29-25(30-24)28-20-11-8-17(9-12-20)15-27-16-18-14-19(26)10-13-23(18)32-3/h10,13-14,17,20,27H,4-9,11-12,15-16H2,1-3H3,(H,28,29,30)/t17-,20+. The number of anilines is 2. The lowest BCUT2D eigenvalue weighted by Gasteiger charge is -2.30. The van der Waals surface area contributed by atoms with Gasteiger partial charge in [0, 0.05) is 37.8 Å². The number of hydrogen-bond acceptors (Lipinski definition) is 6. The SMILES string of the molecule is COc1ccc(F)cc1CNC[C@H]1CC[C@@H](Nc2nc3c(c(N(C)C)n2)CCCC3)CC1. The van der Waals surface area contributed by atoms with Crippen molar-refractivity contribution in [1.29, 1.82) is 0 Å². The average Bonchev–Trinajstić information content (AvgIpc) is 2.80. The van der Waals surface area contributed by atoms with Crippen molar-refractivity contribution in [1.82, 2.24) is 15.3 Å². The van der Waals surface area contributed by atoms with Gasteiger partial charge in [0.05, 0.1) is 12.8 Å². The molecule has 2 aliphatic carbocycles. The Morgan fingerprint density at radius 1 is 1.09 bits per heavy atom. The van der Waals surface area contributed by atoms with Crippen molar-refractivity contribution in [3.05, 3.63) is 40.8 Å². The maximum Gasteiger partial charge on any atom is 0.225 e. The van der Waals surface area contributed by atoms with Gasteiger partial charge >= 0.3 is 0 Å². The summed E-state index contributed by atoms with van der Waals surface area (Å²) in [7, 11) is 5.76. The molecular weight excluding hydrogens is 405 g/mol. The van der Waals surface area contributed by atoms with Crippen molar-refractivity contribution in [2.24, 2.45) is 5.92 Å². The summed E-state index contributed by atoms with van der Waals surface area (Å²) >= 11 is 0. The van der Waals surface area contributed by atoms with Crippen LogP contribution in [0.4, 0.5) is 16.2 Å². The van der Waals surface area contributed by atoms with Crippen LogP contribution in [0, 0.1) is 11.7 Å². The fourth-order valence-corrected chi connectivity index (χ4v) is 5.00. The Morgan fingerprint density at radius 2 is 1.88 bits per heavy atom. The van der Waals surface area contributed by atoms with Gasteiger partial charge in [-0.05, 0) is 82.0 Å². The van der Waals surface area contributed by atoms with Crippen LogP contribution in [-0.4, -0.2) is 43.8 Å². The first kappa shape index (κ1) is 22.8. The second kappa shape index (κ2) is 10.5. The highest BCUT2D eigenvalue weighted by Crippen LogP contribution is 2.30. The number of nitrogens with zero attached hydrogens (tertiary/aromatic N) is 3. The Labute approximate surface area is 191 Å². The molecule has 4 rings (SSSR count). The maximum absolute atomic E-state index is 13.5. The third-order valence-corrected chi connectivity index (χ3v) is 6.76. The van der Waals surface area contributed by atoms with Crippen molar-refractivity contribution in [2.75, 3.05) is 38.0 Å². The van der Waals surface area contributed by atoms with Crippen LogP contribution in [0.3, 0.4) is 0 Å². The Kier molecular flexibility index (Phi) is 7.45. The molecule has 0 spiro atoms. The first-order valence-corrected chi connectivity index (χ1v) is 11.9. The summed E-state index contributed by atoms with van der Waals surface area (Å²) in [5, 5.41) is 7.12. The molecule has 6 nitrogen and oxygen atoms in total. The van der Waals surface area contributed by atoms with Gasteiger partial charge in [-0.25, -0.2) is 9.37 Å². The molecule has 174 valence electrons. The van der Waals surface area contributed by atoms with E-state index in [2.05, 4.69) is 29.6 Å². The summed E-state index contributed by atoms with van der Waals surface area (Å²) in [6.07, 6.45) is 9.15. The zero-order valence-electron chi connectivity index (χ0n) is 19.6. The van der Waals surface area contributed by atoms with E-state index in [1.54, 1.807) is 19.2 Å². The highest BCUT2D eigenvalue weighted by molar-refractivity contribution is 5.52. The van der Waals surface area contributed by atoms with Gasteiger partial charge in [-0.2, -0.15) is 4.98 Å². The third kappa shape index (κ3) is 5.49. The topological polar surface area (TPSA) is 62.3 Å². The molecular formula is C25H36FN5O. The normalized spacial score (nSPS) is 20.5. The highest BCUT2D eigenvalue weighted by Gasteiger charge is 2.24. The molecule has 0 bridgehead atoms. The van der Waals surface area contributed by atoms with Gasteiger partial charge in [0.15, 0.2) is 0 Å². The predicted octanol–water partition coefficient (Wildman–Crippen LogP) is 4.33. The van der Waals surface area contributed by atoms with E-state index in [0.29, 0.717) is 18.5 Å². The fraction of sp³-hybridized carbons (Fsp3) is 0.600. The minimum absolute atomic E-state index is 0.226. The van der Waals surface area contributed by atoms with Crippen LogP contribution < -0.4 is 20.3 Å². The van der Waals surface area contributed by atoms with Gasteiger partial charge in [0.25, 0.3) is 0 Å². The van der Waals surface area contributed by atoms with E-state index in [1.807, 2.05) is 0 Å². The lowest BCUT2D eigenvalue weighted by Crippen LogP contribution is -2.32. The minimum atomic E-state index is -0.226. The molecule has 0 amide bonds. The fourth-order valence-electron chi connectivity index (χ4n) is 5.00. The molecule has 1 aromatic carbocycles. The minimum Gasteiger partial charge on any atom is -0.496 e. The molecule has 1 fully saturated rings. The molecule has 2 aromatic rings. The quantitative estimate of drug-likeness (QED) is 0.636. The van der Waals surface area contributed by atoms with Gasteiger partial charge < -0.3 is 20.3 Å². The number of hydrogen-bond donors (Lipinski definition) is 2. The number of methoxy groups -OCH3 is 1. The molecule has 1 aromatic heterocycles. The molecule has 0 radical (unpaired) electrons. The summed E-state index contributed by atoms with van der Waals surface area (Å²) in [6, 6.07) is 5.09. The predicted molar refractivity (Wildman–Crippen MR) is 127 cm³/mol. The Morgan fingerprint density at radius 3 is 2.62 bits per heavy atom. The van der Waals surface area contributed by atoms with E-state index in [4.69, 9.17) is 14.7 Å². The number of ether oxygens (including phenoxy) is 1. The summed E-state index contributed by atoms with van der Waals surface area (Å²) < 4.78 is 18.9. The Hall–Kier alpha value is -2.41. The molecule has 0 atom stereocenters. The summed E-state index contributed by atoms with van der Waals surface area (Å²) in [5.74, 6) is 3.00. The first-order chi connectivity index (χ1) is 15.5. The van der Waals surface area contributed by atoms with E-state index < -0.39 is 0 Å². The van der Waals surface area contributed by atoms with Crippen LogP contribution >= 0.6 is 0 Å². The Bertz CT molecular complexity index is 911. The maximum atomic E-state index is 13.5. The van der Waals surface area contributed by atoms with Gasteiger partial charge in [-0.3, -0.25) is 0 Å². The van der Waals surface area contributed by atoms with Crippen molar-refractivity contribution in [2.45, 2.75) is 64.0 Å². The second-order valence-corrected chi connectivity index (χ2v) is 9.35. The smallest absolute Gasteiger partial charge is 0.225 e. The van der Waals surface area contributed by atoms with Gasteiger partial charge in [0.1, 0.15) is 17.4 Å². The number of rotatable bonds is 8. The summed E-state index contributed by atoms with van der Waals surface area (Å²) in [6.45, 7) is 1.56. The monoisotopic (exact) mass is 441 g/mol. The number of benzene rings is 1. The van der Waals surface area contributed by atoms with Crippen molar-refractivity contribution >= 4 is 11.8 Å². The van der Waals surface area contributed by atoms with Crippen LogP contribution in [0.1, 0.15) is 55.3 Å². The van der Waals surface area contributed by atoms with Crippen LogP contribution in [0.5, 0.6) is 5.75 Å². The van der Waals surface area contributed by atoms with Crippen LogP contribution in [0.2, 0.25) is 0 Å². The molecule has 1 saturated carbocycles. The Balaban J connectivity index is 1.27. The van der Waals surface area contributed by atoms with E-state index in [-0.39, 0.29) is 5.82 Å². The van der Waals surface area contributed by atoms with Gasteiger partial charge in [-0.15, -0.1) is 0 Å². The molecule has 0 unspecified atom stereocenters. The molecule has 0 aliphatic heterocycles.